The summed E-state index contributed by atoms with van der Waals surface area (Å²) in [7, 11) is 0. The summed E-state index contributed by atoms with van der Waals surface area (Å²) in [6.07, 6.45) is 4.97. The van der Waals surface area contributed by atoms with E-state index in [1.165, 1.54) is 37.9 Å². The van der Waals surface area contributed by atoms with E-state index in [2.05, 4.69) is 17.0 Å². The van der Waals surface area contributed by atoms with Crippen molar-refractivity contribution < 1.29 is 0 Å². The summed E-state index contributed by atoms with van der Waals surface area (Å²) in [5.74, 6) is 0. The average molecular weight is 253 g/mol. The maximum Gasteiger partial charge on any atom is 0.0406 e. The quantitative estimate of drug-likeness (QED) is 0.893. The van der Waals surface area contributed by atoms with Crippen molar-refractivity contribution in [3.05, 3.63) is 34.9 Å². The molecule has 94 valence electrons. The van der Waals surface area contributed by atoms with E-state index in [4.69, 9.17) is 17.3 Å². The fourth-order valence-electron chi connectivity index (χ4n) is 2.46. The Morgan fingerprint density at radius 3 is 2.41 bits per heavy atom. The van der Waals surface area contributed by atoms with E-state index in [-0.39, 0.29) is 6.04 Å². The fraction of sp³-hybridized carbons (Fsp3) is 0.571. The van der Waals surface area contributed by atoms with Gasteiger partial charge in [0, 0.05) is 17.6 Å². The Hall–Kier alpha value is -0.570. The van der Waals surface area contributed by atoms with Crippen LogP contribution in [0.3, 0.4) is 0 Å². The van der Waals surface area contributed by atoms with Crippen LogP contribution in [0.5, 0.6) is 0 Å². The Morgan fingerprint density at radius 2 is 1.76 bits per heavy atom. The fourth-order valence-corrected chi connectivity index (χ4v) is 2.59. The first kappa shape index (κ1) is 12.9. The number of nitrogens with zero attached hydrogens (tertiary/aromatic N) is 1. The molecule has 0 radical (unpaired) electrons. The largest absolute Gasteiger partial charge is 0.326 e. The maximum atomic E-state index is 6.20. The minimum atomic E-state index is 0.231. The number of rotatable bonds is 4. The lowest BCUT2D eigenvalue weighted by Crippen LogP contribution is -2.41. The molecular weight excluding hydrogens is 232 g/mol. The van der Waals surface area contributed by atoms with Gasteiger partial charge in [0.25, 0.3) is 0 Å². The smallest absolute Gasteiger partial charge is 0.0406 e. The third-order valence-corrected chi connectivity index (χ3v) is 3.60. The number of hydrogen-bond acceptors (Lipinski definition) is 2. The van der Waals surface area contributed by atoms with Gasteiger partial charge in [0.1, 0.15) is 0 Å². The third kappa shape index (κ3) is 4.30. The van der Waals surface area contributed by atoms with Crippen LogP contribution < -0.4 is 5.73 Å². The molecule has 1 saturated heterocycles. The zero-order valence-corrected chi connectivity index (χ0v) is 11.0. The predicted octanol–water partition coefficient (Wildman–Crippen LogP) is 2.70. The van der Waals surface area contributed by atoms with Gasteiger partial charge in [-0.2, -0.15) is 0 Å². The van der Waals surface area contributed by atoms with Crippen LogP contribution in [0.1, 0.15) is 24.8 Å². The summed E-state index contributed by atoms with van der Waals surface area (Å²) in [6, 6.07) is 8.24. The van der Waals surface area contributed by atoms with Gasteiger partial charge in [-0.05, 0) is 50.0 Å². The van der Waals surface area contributed by atoms with Crippen LogP contribution in [-0.4, -0.2) is 30.6 Å². The molecule has 0 bridgehead atoms. The minimum Gasteiger partial charge on any atom is -0.326 e. The van der Waals surface area contributed by atoms with E-state index >= 15 is 0 Å². The molecule has 3 heteroatoms. The first-order valence-electron chi connectivity index (χ1n) is 6.46. The molecule has 0 amide bonds. The zero-order chi connectivity index (χ0) is 12.1. The summed E-state index contributed by atoms with van der Waals surface area (Å²) < 4.78 is 0. The van der Waals surface area contributed by atoms with Crippen LogP contribution in [0.4, 0.5) is 0 Å². The Morgan fingerprint density at radius 1 is 1.12 bits per heavy atom. The summed E-state index contributed by atoms with van der Waals surface area (Å²) in [5.41, 5.74) is 7.48. The Kier molecular flexibility index (Phi) is 4.84. The van der Waals surface area contributed by atoms with Crippen molar-refractivity contribution in [2.75, 3.05) is 19.6 Å². The van der Waals surface area contributed by atoms with Crippen molar-refractivity contribution in [1.29, 1.82) is 0 Å². The van der Waals surface area contributed by atoms with Crippen LogP contribution in [0, 0.1) is 0 Å². The van der Waals surface area contributed by atoms with Gasteiger partial charge in [0.2, 0.25) is 0 Å². The summed E-state index contributed by atoms with van der Waals surface area (Å²) >= 11 is 5.86. The van der Waals surface area contributed by atoms with Gasteiger partial charge in [-0.25, -0.2) is 0 Å². The first-order chi connectivity index (χ1) is 8.24. The molecule has 1 aliphatic heterocycles. The Balaban J connectivity index is 1.79. The minimum absolute atomic E-state index is 0.231. The van der Waals surface area contributed by atoms with Crippen LogP contribution >= 0.6 is 11.6 Å². The van der Waals surface area contributed by atoms with E-state index in [0.29, 0.717) is 0 Å². The highest BCUT2D eigenvalue weighted by Gasteiger charge is 2.13. The maximum absolute atomic E-state index is 6.20. The molecule has 2 N–H and O–H groups in total. The number of halogens is 1. The van der Waals surface area contributed by atoms with Gasteiger partial charge in [-0.3, -0.25) is 0 Å². The average Bonchev–Trinajstić information content (AvgIpc) is 2.33. The van der Waals surface area contributed by atoms with Gasteiger partial charge in [0.05, 0.1) is 0 Å². The molecule has 1 atom stereocenters. The first-order valence-corrected chi connectivity index (χ1v) is 6.84. The molecule has 0 spiro atoms. The molecule has 1 aromatic carbocycles. The molecule has 0 aliphatic carbocycles. The van der Waals surface area contributed by atoms with E-state index in [9.17, 15) is 0 Å². The lowest BCUT2D eigenvalue weighted by Gasteiger charge is -2.29. The molecule has 1 aromatic rings. The van der Waals surface area contributed by atoms with Gasteiger partial charge >= 0.3 is 0 Å². The molecule has 0 saturated carbocycles. The van der Waals surface area contributed by atoms with Gasteiger partial charge < -0.3 is 10.6 Å². The monoisotopic (exact) mass is 252 g/mol. The van der Waals surface area contributed by atoms with Gasteiger partial charge in [-0.15, -0.1) is 0 Å². The highest BCUT2D eigenvalue weighted by atomic mass is 35.5. The van der Waals surface area contributed by atoms with Crippen LogP contribution in [0.15, 0.2) is 24.3 Å². The van der Waals surface area contributed by atoms with Crippen LogP contribution in [0.2, 0.25) is 5.02 Å². The number of likely N-dealkylation sites (tertiary alicyclic amines) is 1. The Labute approximate surface area is 109 Å². The van der Waals surface area contributed by atoms with Crippen molar-refractivity contribution in [3.8, 4) is 0 Å². The van der Waals surface area contributed by atoms with Gasteiger partial charge in [0.15, 0.2) is 0 Å². The second-order valence-electron chi connectivity index (χ2n) is 4.95. The topological polar surface area (TPSA) is 29.3 Å². The second kappa shape index (κ2) is 6.39. The number of hydrogen-bond donors (Lipinski definition) is 1. The van der Waals surface area contributed by atoms with E-state index in [0.717, 1.165) is 18.0 Å². The highest BCUT2D eigenvalue weighted by Crippen LogP contribution is 2.12. The third-order valence-electron chi connectivity index (χ3n) is 3.35. The van der Waals surface area contributed by atoms with Crippen molar-refractivity contribution in [2.45, 2.75) is 31.7 Å². The lowest BCUT2D eigenvalue weighted by atomic mass is 10.0. The number of nitrogens with two attached hydrogens (primary N) is 1. The normalized spacial score (nSPS) is 19.2. The summed E-state index contributed by atoms with van der Waals surface area (Å²) in [4.78, 5) is 2.49. The van der Waals surface area contributed by atoms with Gasteiger partial charge in [-0.1, -0.05) is 30.2 Å². The lowest BCUT2D eigenvalue weighted by molar-refractivity contribution is 0.215. The highest BCUT2D eigenvalue weighted by molar-refractivity contribution is 6.30. The standard InChI is InChI=1S/C14H21ClN2/c15-13-6-4-12(5-7-13)10-14(16)11-17-8-2-1-3-9-17/h4-7,14H,1-3,8-11,16H2. The predicted molar refractivity (Wildman–Crippen MR) is 73.4 cm³/mol. The summed E-state index contributed by atoms with van der Waals surface area (Å²) in [5, 5.41) is 0.790. The molecule has 2 rings (SSSR count). The Bertz CT molecular complexity index is 331. The molecule has 1 aliphatic rings. The summed E-state index contributed by atoms with van der Waals surface area (Å²) in [6.45, 7) is 3.45. The number of benzene rings is 1. The molecule has 1 heterocycles. The molecule has 1 unspecified atom stereocenters. The molecule has 17 heavy (non-hydrogen) atoms. The van der Waals surface area contributed by atoms with Crippen LogP contribution in [0.25, 0.3) is 0 Å². The van der Waals surface area contributed by atoms with E-state index in [1.54, 1.807) is 0 Å². The van der Waals surface area contributed by atoms with E-state index < -0.39 is 0 Å². The number of piperidine rings is 1. The van der Waals surface area contributed by atoms with Crippen molar-refractivity contribution in [3.63, 3.8) is 0 Å². The molecule has 0 aromatic heterocycles. The molecular formula is C14H21ClN2. The van der Waals surface area contributed by atoms with Crippen molar-refractivity contribution in [2.24, 2.45) is 5.73 Å². The molecule has 1 fully saturated rings. The zero-order valence-electron chi connectivity index (χ0n) is 10.2. The molecule has 2 nitrogen and oxygen atoms in total. The second-order valence-corrected chi connectivity index (χ2v) is 5.39. The van der Waals surface area contributed by atoms with E-state index in [1.807, 2.05) is 12.1 Å². The SMILES string of the molecule is NC(Cc1ccc(Cl)cc1)CN1CCCCC1. The van der Waals surface area contributed by atoms with Crippen LogP contribution in [-0.2, 0) is 6.42 Å². The van der Waals surface area contributed by atoms with Crippen molar-refractivity contribution >= 4 is 11.6 Å². The van der Waals surface area contributed by atoms with Crippen molar-refractivity contribution in [1.82, 2.24) is 4.90 Å².